The summed E-state index contributed by atoms with van der Waals surface area (Å²) >= 11 is 0. The van der Waals surface area contributed by atoms with Gasteiger partial charge in [-0.15, -0.1) is 0 Å². The number of aliphatic hydroxyl groups excluding tert-OH is 1. The van der Waals surface area contributed by atoms with Gasteiger partial charge in [0.15, 0.2) is 0 Å². The molecular weight excluding hydrogens is 292 g/mol. The average Bonchev–Trinajstić information content (AvgIpc) is 2.66. The van der Waals surface area contributed by atoms with Crippen molar-refractivity contribution in [2.75, 3.05) is 7.11 Å². The van der Waals surface area contributed by atoms with E-state index in [4.69, 9.17) is 5.11 Å². The summed E-state index contributed by atoms with van der Waals surface area (Å²) in [6.45, 7) is 13.4. The van der Waals surface area contributed by atoms with Crippen molar-refractivity contribution in [1.29, 1.82) is 0 Å². The molecule has 0 bridgehead atoms. The Morgan fingerprint density at radius 1 is 0.708 bits per heavy atom. The third kappa shape index (κ3) is 6.13. The van der Waals surface area contributed by atoms with E-state index in [9.17, 15) is 0 Å². The van der Waals surface area contributed by atoms with Crippen molar-refractivity contribution in [1.82, 2.24) is 0 Å². The minimum atomic E-state index is 0.182. The van der Waals surface area contributed by atoms with Gasteiger partial charge in [-0.3, -0.25) is 0 Å². The molecule has 24 heavy (non-hydrogen) atoms. The highest BCUT2D eigenvalue weighted by molar-refractivity contribution is 5.29. The molecule has 0 spiro atoms. The van der Waals surface area contributed by atoms with Crippen LogP contribution in [0.4, 0.5) is 0 Å². The Bertz CT molecular complexity index is 530. The summed E-state index contributed by atoms with van der Waals surface area (Å²) in [5.41, 5.74) is 3.28. The van der Waals surface area contributed by atoms with Crippen molar-refractivity contribution in [2.45, 2.75) is 65.2 Å². The molecule has 0 aliphatic rings. The van der Waals surface area contributed by atoms with Gasteiger partial charge in [-0.2, -0.15) is 0 Å². The number of rotatable bonds is 5. The Morgan fingerprint density at radius 3 is 1.46 bits per heavy atom. The van der Waals surface area contributed by atoms with E-state index >= 15 is 0 Å². The van der Waals surface area contributed by atoms with Crippen molar-refractivity contribution in [3.63, 3.8) is 0 Å². The monoisotopic (exact) mass is 328 g/mol. The molecule has 0 amide bonds. The predicted molar refractivity (Wildman–Crippen MR) is 108 cm³/mol. The molecule has 0 radical (unpaired) electrons. The summed E-state index contributed by atoms with van der Waals surface area (Å²) in [5.74, 6) is 0. The predicted octanol–water partition coefficient (Wildman–Crippen LogP) is 6.36. The van der Waals surface area contributed by atoms with Crippen LogP contribution in [0.25, 0.3) is 0 Å². The fourth-order valence-corrected chi connectivity index (χ4v) is 3.24. The molecule has 0 saturated carbocycles. The molecule has 1 atom stereocenters. The van der Waals surface area contributed by atoms with Crippen LogP contribution in [0, 0.1) is 0 Å². The number of benzene rings is 2. The molecule has 2 aromatic rings. The van der Waals surface area contributed by atoms with Gasteiger partial charge >= 0.3 is 0 Å². The van der Waals surface area contributed by atoms with Crippen LogP contribution in [0.1, 0.15) is 65.5 Å². The highest BCUT2D eigenvalue weighted by Crippen LogP contribution is 2.40. The van der Waals surface area contributed by atoms with Gasteiger partial charge in [0.05, 0.1) is 0 Å². The maximum atomic E-state index is 7.00. The highest BCUT2D eigenvalue weighted by atomic mass is 16.2. The molecule has 0 heterocycles. The average molecular weight is 329 g/mol. The zero-order chi connectivity index (χ0) is 18.6. The van der Waals surface area contributed by atoms with Crippen LogP contribution in [-0.2, 0) is 10.8 Å². The Balaban J connectivity index is 0.00000123. The SMILES string of the molecule is CC.CCC(C)(CC(C)(C)c1ccccc1)c1ccccc1.CO. The Hall–Kier alpha value is -1.60. The second kappa shape index (κ2) is 11.0. The highest BCUT2D eigenvalue weighted by Gasteiger charge is 2.33. The van der Waals surface area contributed by atoms with Gasteiger partial charge in [-0.25, -0.2) is 0 Å². The van der Waals surface area contributed by atoms with E-state index in [1.54, 1.807) is 0 Å². The van der Waals surface area contributed by atoms with Crippen LogP contribution in [-0.4, -0.2) is 12.2 Å². The van der Waals surface area contributed by atoms with E-state index in [-0.39, 0.29) is 10.8 Å². The number of hydrogen-bond donors (Lipinski definition) is 1. The summed E-state index contributed by atoms with van der Waals surface area (Å²) in [4.78, 5) is 0. The standard InChI is InChI=1S/C20H26.C2H6.CH4O/c1-5-20(4,18-14-10-7-11-15-18)16-19(2,3)17-12-8-6-9-13-17;2*1-2/h6-15H,5,16H2,1-4H3;1-2H3;2H,1H3. The molecule has 1 unspecified atom stereocenters. The van der Waals surface area contributed by atoms with E-state index in [2.05, 4.69) is 88.4 Å². The first kappa shape index (κ1) is 22.4. The maximum Gasteiger partial charge on any atom is 0.0319 e. The van der Waals surface area contributed by atoms with Crippen molar-refractivity contribution < 1.29 is 5.11 Å². The van der Waals surface area contributed by atoms with Crippen LogP contribution in [0.15, 0.2) is 60.7 Å². The summed E-state index contributed by atoms with van der Waals surface area (Å²) in [6, 6.07) is 21.8. The van der Waals surface area contributed by atoms with Gasteiger partial charge in [0.2, 0.25) is 0 Å². The molecule has 2 rings (SSSR count). The molecule has 1 N–H and O–H groups in total. The molecule has 134 valence electrons. The van der Waals surface area contributed by atoms with Crippen LogP contribution in [0.2, 0.25) is 0 Å². The topological polar surface area (TPSA) is 20.2 Å². The summed E-state index contributed by atoms with van der Waals surface area (Å²) in [6.07, 6.45) is 2.32. The van der Waals surface area contributed by atoms with E-state index in [1.807, 2.05) is 13.8 Å². The minimum Gasteiger partial charge on any atom is -0.400 e. The second-order valence-electron chi connectivity index (χ2n) is 6.71. The lowest BCUT2D eigenvalue weighted by molar-refractivity contribution is 0.317. The van der Waals surface area contributed by atoms with Gasteiger partial charge in [0.25, 0.3) is 0 Å². The molecular formula is C23H36O. The number of aliphatic hydroxyl groups is 1. The molecule has 2 aromatic carbocycles. The quantitative estimate of drug-likeness (QED) is 0.677. The van der Waals surface area contributed by atoms with Crippen molar-refractivity contribution in [2.24, 2.45) is 0 Å². The van der Waals surface area contributed by atoms with Gasteiger partial charge in [-0.1, -0.05) is 102 Å². The fraction of sp³-hybridized carbons (Fsp3) is 0.478. The third-order valence-electron chi connectivity index (χ3n) is 4.64. The van der Waals surface area contributed by atoms with E-state index in [0.29, 0.717) is 0 Å². The van der Waals surface area contributed by atoms with Crippen LogP contribution < -0.4 is 0 Å². The van der Waals surface area contributed by atoms with Crippen LogP contribution >= 0.6 is 0 Å². The van der Waals surface area contributed by atoms with E-state index in [1.165, 1.54) is 11.1 Å². The largest absolute Gasteiger partial charge is 0.400 e. The first-order valence-electron chi connectivity index (χ1n) is 9.04. The van der Waals surface area contributed by atoms with Gasteiger partial charge in [0.1, 0.15) is 0 Å². The Morgan fingerprint density at radius 2 is 1.08 bits per heavy atom. The maximum absolute atomic E-state index is 7.00. The first-order valence-corrected chi connectivity index (χ1v) is 9.04. The zero-order valence-electron chi connectivity index (χ0n) is 16.6. The van der Waals surface area contributed by atoms with E-state index < -0.39 is 0 Å². The van der Waals surface area contributed by atoms with Crippen LogP contribution in [0.5, 0.6) is 0 Å². The number of hydrogen-bond acceptors (Lipinski definition) is 1. The lowest BCUT2D eigenvalue weighted by Crippen LogP contribution is -2.31. The van der Waals surface area contributed by atoms with Crippen molar-refractivity contribution in [3.8, 4) is 0 Å². The summed E-state index contributed by atoms with van der Waals surface area (Å²) in [7, 11) is 1.00. The molecule has 0 fully saturated rings. The third-order valence-corrected chi connectivity index (χ3v) is 4.64. The Kier molecular flexibility index (Phi) is 10.3. The van der Waals surface area contributed by atoms with Crippen LogP contribution in [0.3, 0.4) is 0 Å². The molecule has 1 heteroatoms. The summed E-state index contributed by atoms with van der Waals surface area (Å²) in [5, 5.41) is 7.00. The zero-order valence-corrected chi connectivity index (χ0v) is 16.6. The molecule has 0 aliphatic heterocycles. The summed E-state index contributed by atoms with van der Waals surface area (Å²) < 4.78 is 0. The molecule has 1 nitrogen and oxygen atoms in total. The lowest BCUT2D eigenvalue weighted by Gasteiger charge is -2.38. The fourth-order valence-electron chi connectivity index (χ4n) is 3.24. The molecule has 0 aliphatic carbocycles. The van der Waals surface area contributed by atoms with Gasteiger partial charge in [0, 0.05) is 7.11 Å². The minimum absolute atomic E-state index is 0.182. The van der Waals surface area contributed by atoms with Gasteiger partial charge < -0.3 is 5.11 Å². The smallest absolute Gasteiger partial charge is 0.0319 e. The van der Waals surface area contributed by atoms with E-state index in [0.717, 1.165) is 20.0 Å². The normalized spacial score (nSPS) is 12.8. The lowest BCUT2D eigenvalue weighted by atomic mass is 9.66. The first-order chi connectivity index (χ1) is 11.5. The van der Waals surface area contributed by atoms with Crippen molar-refractivity contribution >= 4 is 0 Å². The van der Waals surface area contributed by atoms with Gasteiger partial charge in [-0.05, 0) is 34.8 Å². The molecule has 0 saturated heterocycles. The second-order valence-corrected chi connectivity index (χ2v) is 6.71. The Labute approximate surface area is 149 Å². The molecule has 0 aromatic heterocycles. The van der Waals surface area contributed by atoms with Crippen molar-refractivity contribution in [3.05, 3.63) is 71.8 Å².